The molecular formula is C12H16ClN5. The van der Waals surface area contributed by atoms with Gasteiger partial charge in [-0.1, -0.05) is 31.0 Å². The van der Waals surface area contributed by atoms with E-state index >= 15 is 0 Å². The van der Waals surface area contributed by atoms with E-state index in [1.807, 2.05) is 6.07 Å². The molecule has 6 heteroatoms. The largest absolute Gasteiger partial charge is 0.398 e. The monoisotopic (exact) mass is 265 g/mol. The molecule has 0 aliphatic rings. The Hall–Kier alpha value is -1.62. The topological polar surface area (TPSA) is 69.6 Å². The lowest BCUT2D eigenvalue weighted by atomic mass is 10.1. The minimum Gasteiger partial charge on any atom is -0.398 e. The fraction of sp³-hybridized carbons (Fsp3) is 0.417. The van der Waals surface area contributed by atoms with Gasteiger partial charge in [0.2, 0.25) is 0 Å². The zero-order chi connectivity index (χ0) is 13.1. The molecule has 0 fully saturated rings. The van der Waals surface area contributed by atoms with E-state index in [-0.39, 0.29) is 6.04 Å². The summed E-state index contributed by atoms with van der Waals surface area (Å²) in [6.45, 7) is 4.21. The third-order valence-corrected chi connectivity index (χ3v) is 3.20. The van der Waals surface area contributed by atoms with Gasteiger partial charge < -0.3 is 5.73 Å². The molecule has 2 aromatic rings. The van der Waals surface area contributed by atoms with Crippen molar-refractivity contribution < 1.29 is 0 Å². The van der Waals surface area contributed by atoms with E-state index in [0.29, 0.717) is 22.1 Å². The molecule has 2 N–H and O–H groups in total. The third kappa shape index (κ3) is 2.31. The summed E-state index contributed by atoms with van der Waals surface area (Å²) in [6, 6.07) is 5.61. The molecule has 0 aliphatic carbocycles. The standard InChI is InChI=1S/C12H16ClN5/c1-3-5-8(2)18-12(15-16-17-18)11-9(13)6-4-7-10(11)14/h4,6-8H,3,5,14H2,1-2H3. The Bertz CT molecular complexity index is 517. The Morgan fingerprint density at radius 3 is 2.89 bits per heavy atom. The summed E-state index contributed by atoms with van der Waals surface area (Å²) in [5.74, 6) is 0.624. The van der Waals surface area contributed by atoms with Crippen molar-refractivity contribution in [2.24, 2.45) is 0 Å². The second-order valence-electron chi connectivity index (χ2n) is 4.29. The summed E-state index contributed by atoms with van der Waals surface area (Å²) in [4.78, 5) is 0. The maximum Gasteiger partial charge on any atom is 0.185 e. The number of nitrogens with zero attached hydrogens (tertiary/aromatic N) is 4. The summed E-state index contributed by atoms with van der Waals surface area (Å²) in [5.41, 5.74) is 7.25. The Morgan fingerprint density at radius 1 is 1.44 bits per heavy atom. The van der Waals surface area contributed by atoms with Gasteiger partial charge in [0.15, 0.2) is 5.82 Å². The van der Waals surface area contributed by atoms with Crippen LogP contribution in [-0.4, -0.2) is 20.2 Å². The number of nitrogens with two attached hydrogens (primary N) is 1. The Balaban J connectivity index is 2.49. The number of hydrogen-bond acceptors (Lipinski definition) is 4. The minimum atomic E-state index is 0.218. The van der Waals surface area contributed by atoms with Crippen molar-refractivity contribution in [1.29, 1.82) is 0 Å². The molecule has 1 atom stereocenters. The van der Waals surface area contributed by atoms with Crippen molar-refractivity contribution in [2.75, 3.05) is 5.73 Å². The fourth-order valence-corrected chi connectivity index (χ4v) is 2.24. The molecule has 1 unspecified atom stereocenters. The number of halogens is 1. The molecule has 0 radical (unpaired) electrons. The lowest BCUT2D eigenvalue weighted by molar-refractivity contribution is 0.447. The smallest absolute Gasteiger partial charge is 0.185 e. The normalized spacial score (nSPS) is 12.6. The number of anilines is 1. The van der Waals surface area contributed by atoms with Gasteiger partial charge in [-0.25, -0.2) is 4.68 Å². The van der Waals surface area contributed by atoms with Gasteiger partial charge in [0.1, 0.15) is 0 Å². The van der Waals surface area contributed by atoms with Crippen LogP contribution in [0.25, 0.3) is 11.4 Å². The van der Waals surface area contributed by atoms with E-state index in [2.05, 4.69) is 29.4 Å². The summed E-state index contributed by atoms with van der Waals surface area (Å²) >= 11 is 6.19. The molecular weight excluding hydrogens is 250 g/mol. The first kappa shape index (κ1) is 12.8. The van der Waals surface area contributed by atoms with Crippen LogP contribution in [0.3, 0.4) is 0 Å². The van der Waals surface area contributed by atoms with Crippen LogP contribution in [0.5, 0.6) is 0 Å². The molecule has 0 saturated carbocycles. The van der Waals surface area contributed by atoms with Crippen LogP contribution < -0.4 is 5.73 Å². The SMILES string of the molecule is CCCC(C)n1nnnc1-c1c(N)cccc1Cl. The number of aromatic nitrogens is 4. The van der Waals surface area contributed by atoms with E-state index in [0.717, 1.165) is 12.8 Å². The molecule has 0 aliphatic heterocycles. The Labute approximate surface area is 111 Å². The lowest BCUT2D eigenvalue weighted by Crippen LogP contribution is -2.09. The summed E-state index contributed by atoms with van der Waals surface area (Å²) < 4.78 is 1.78. The second kappa shape index (κ2) is 5.35. The summed E-state index contributed by atoms with van der Waals surface area (Å²) in [7, 11) is 0. The molecule has 0 saturated heterocycles. The first-order valence-corrected chi connectivity index (χ1v) is 6.35. The predicted octanol–water partition coefficient (Wildman–Crippen LogP) is 2.94. The van der Waals surface area contributed by atoms with Crippen LogP contribution in [0.15, 0.2) is 18.2 Å². The van der Waals surface area contributed by atoms with Crippen LogP contribution in [0.4, 0.5) is 5.69 Å². The van der Waals surface area contributed by atoms with Crippen molar-refractivity contribution in [3.8, 4) is 11.4 Å². The van der Waals surface area contributed by atoms with Crippen molar-refractivity contribution in [1.82, 2.24) is 20.2 Å². The highest BCUT2D eigenvalue weighted by atomic mass is 35.5. The van der Waals surface area contributed by atoms with Gasteiger partial charge in [-0.2, -0.15) is 0 Å². The zero-order valence-electron chi connectivity index (χ0n) is 10.5. The van der Waals surface area contributed by atoms with Crippen LogP contribution in [-0.2, 0) is 0 Å². The molecule has 96 valence electrons. The highest BCUT2D eigenvalue weighted by molar-refractivity contribution is 6.33. The van der Waals surface area contributed by atoms with Crippen LogP contribution in [0.1, 0.15) is 32.7 Å². The van der Waals surface area contributed by atoms with E-state index in [1.54, 1.807) is 16.8 Å². The highest BCUT2D eigenvalue weighted by Gasteiger charge is 2.18. The van der Waals surface area contributed by atoms with Gasteiger partial charge in [-0.05, 0) is 35.9 Å². The predicted molar refractivity (Wildman–Crippen MR) is 72.3 cm³/mol. The number of tetrazole rings is 1. The van der Waals surface area contributed by atoms with Crippen LogP contribution >= 0.6 is 11.6 Å². The molecule has 5 nitrogen and oxygen atoms in total. The summed E-state index contributed by atoms with van der Waals surface area (Å²) in [6.07, 6.45) is 2.07. The van der Waals surface area contributed by atoms with Crippen molar-refractivity contribution >= 4 is 17.3 Å². The zero-order valence-corrected chi connectivity index (χ0v) is 11.2. The van der Waals surface area contributed by atoms with Crippen LogP contribution in [0.2, 0.25) is 5.02 Å². The van der Waals surface area contributed by atoms with Gasteiger partial charge in [-0.15, -0.1) is 5.10 Å². The molecule has 2 rings (SSSR count). The second-order valence-corrected chi connectivity index (χ2v) is 4.70. The van der Waals surface area contributed by atoms with Crippen molar-refractivity contribution in [3.05, 3.63) is 23.2 Å². The van der Waals surface area contributed by atoms with Gasteiger partial charge in [0, 0.05) is 5.69 Å². The molecule has 0 spiro atoms. The number of benzene rings is 1. The first-order chi connectivity index (χ1) is 8.65. The number of hydrogen-bond donors (Lipinski definition) is 1. The number of rotatable bonds is 4. The van der Waals surface area contributed by atoms with Gasteiger partial charge in [0.25, 0.3) is 0 Å². The maximum absolute atomic E-state index is 6.19. The van der Waals surface area contributed by atoms with Crippen LogP contribution in [0, 0.1) is 0 Å². The Morgan fingerprint density at radius 2 is 2.22 bits per heavy atom. The van der Waals surface area contributed by atoms with Crippen molar-refractivity contribution in [3.63, 3.8) is 0 Å². The van der Waals surface area contributed by atoms with Gasteiger partial charge in [0.05, 0.1) is 16.6 Å². The van der Waals surface area contributed by atoms with Crippen molar-refractivity contribution in [2.45, 2.75) is 32.7 Å². The Kier molecular flexibility index (Phi) is 3.81. The van der Waals surface area contributed by atoms with Gasteiger partial charge in [-0.3, -0.25) is 0 Å². The quantitative estimate of drug-likeness (QED) is 0.863. The molecule has 1 aromatic heterocycles. The first-order valence-electron chi connectivity index (χ1n) is 5.97. The number of nitrogen functional groups attached to an aromatic ring is 1. The average molecular weight is 266 g/mol. The average Bonchev–Trinajstić information content (AvgIpc) is 2.78. The third-order valence-electron chi connectivity index (χ3n) is 2.89. The fourth-order valence-electron chi connectivity index (χ4n) is 1.97. The van der Waals surface area contributed by atoms with E-state index < -0.39 is 0 Å². The summed E-state index contributed by atoms with van der Waals surface area (Å²) in [5, 5.41) is 12.4. The molecule has 0 amide bonds. The van der Waals surface area contributed by atoms with E-state index in [1.165, 1.54) is 0 Å². The maximum atomic E-state index is 6.19. The van der Waals surface area contributed by atoms with E-state index in [4.69, 9.17) is 17.3 Å². The highest BCUT2D eigenvalue weighted by Crippen LogP contribution is 2.32. The van der Waals surface area contributed by atoms with E-state index in [9.17, 15) is 0 Å². The minimum absolute atomic E-state index is 0.218. The lowest BCUT2D eigenvalue weighted by Gasteiger charge is -2.13. The molecule has 1 aromatic carbocycles. The molecule has 18 heavy (non-hydrogen) atoms. The molecule has 1 heterocycles. The van der Waals surface area contributed by atoms with Gasteiger partial charge >= 0.3 is 0 Å². The molecule has 0 bridgehead atoms.